The highest BCUT2D eigenvalue weighted by Crippen LogP contribution is 2.22. The number of amides is 1. The Kier molecular flexibility index (Phi) is 4.93. The first kappa shape index (κ1) is 15.5. The molecule has 0 saturated heterocycles. The lowest BCUT2D eigenvalue weighted by Crippen LogP contribution is -2.38. The highest BCUT2D eigenvalue weighted by atomic mass is 32.1. The maximum Gasteiger partial charge on any atom is 0.256 e. The summed E-state index contributed by atoms with van der Waals surface area (Å²) >= 11 is 1.50. The van der Waals surface area contributed by atoms with Crippen molar-refractivity contribution in [3.05, 3.63) is 46.3 Å². The van der Waals surface area contributed by atoms with Gasteiger partial charge in [0.25, 0.3) is 5.91 Å². The van der Waals surface area contributed by atoms with Crippen molar-refractivity contribution in [2.75, 3.05) is 13.2 Å². The van der Waals surface area contributed by atoms with Crippen LogP contribution >= 0.6 is 11.3 Å². The van der Waals surface area contributed by atoms with Crippen LogP contribution in [0.25, 0.3) is 0 Å². The molecule has 0 fully saturated rings. The molecule has 0 spiro atoms. The summed E-state index contributed by atoms with van der Waals surface area (Å²) in [6.07, 6.45) is 1.57. The number of hydrogen-bond donors (Lipinski definition) is 2. The molecular weight excluding hydrogens is 288 g/mol. The van der Waals surface area contributed by atoms with Crippen LogP contribution in [0.2, 0.25) is 0 Å². The maximum atomic E-state index is 12.2. The van der Waals surface area contributed by atoms with Crippen LogP contribution in [0.15, 0.2) is 35.2 Å². The Bertz CT molecular complexity index is 597. The Morgan fingerprint density at radius 3 is 3.00 bits per heavy atom. The molecule has 0 aliphatic heterocycles. The smallest absolute Gasteiger partial charge is 0.256 e. The molecule has 0 bridgehead atoms. The first-order chi connectivity index (χ1) is 10.0. The first-order valence-corrected chi connectivity index (χ1v) is 7.60. The SMILES string of the molecule is CCOc1ncccc1C(=O)NCC(C)(O)c1ccsc1. The van der Waals surface area contributed by atoms with Gasteiger partial charge in [0, 0.05) is 6.20 Å². The van der Waals surface area contributed by atoms with E-state index in [1.165, 1.54) is 11.3 Å². The van der Waals surface area contributed by atoms with Gasteiger partial charge in [0.2, 0.25) is 5.88 Å². The van der Waals surface area contributed by atoms with Crippen LogP contribution in [-0.2, 0) is 5.60 Å². The fraction of sp³-hybridized carbons (Fsp3) is 0.333. The van der Waals surface area contributed by atoms with Gasteiger partial charge in [-0.3, -0.25) is 4.79 Å². The second kappa shape index (κ2) is 6.69. The van der Waals surface area contributed by atoms with Crippen molar-refractivity contribution < 1.29 is 14.6 Å². The average molecular weight is 306 g/mol. The molecule has 0 radical (unpaired) electrons. The second-order valence-corrected chi connectivity index (χ2v) is 5.54. The van der Waals surface area contributed by atoms with E-state index in [9.17, 15) is 9.90 Å². The van der Waals surface area contributed by atoms with Crippen LogP contribution < -0.4 is 10.1 Å². The number of hydrogen-bond acceptors (Lipinski definition) is 5. The van der Waals surface area contributed by atoms with Crippen LogP contribution in [0.4, 0.5) is 0 Å². The fourth-order valence-corrected chi connectivity index (χ4v) is 2.62. The molecule has 5 nitrogen and oxygen atoms in total. The van der Waals surface area contributed by atoms with Gasteiger partial charge >= 0.3 is 0 Å². The van der Waals surface area contributed by atoms with Gasteiger partial charge in [-0.25, -0.2) is 4.98 Å². The molecular formula is C15H18N2O3S. The topological polar surface area (TPSA) is 71.5 Å². The lowest BCUT2D eigenvalue weighted by molar-refractivity contribution is 0.0529. The molecule has 1 unspecified atom stereocenters. The monoisotopic (exact) mass is 306 g/mol. The third kappa shape index (κ3) is 3.80. The molecule has 2 aromatic rings. The van der Waals surface area contributed by atoms with Crippen molar-refractivity contribution >= 4 is 17.2 Å². The van der Waals surface area contributed by atoms with Gasteiger partial charge in [0.15, 0.2) is 0 Å². The van der Waals surface area contributed by atoms with E-state index in [4.69, 9.17) is 4.74 Å². The highest BCUT2D eigenvalue weighted by molar-refractivity contribution is 7.08. The molecule has 6 heteroatoms. The van der Waals surface area contributed by atoms with E-state index in [1.807, 2.05) is 23.8 Å². The minimum atomic E-state index is -1.11. The van der Waals surface area contributed by atoms with E-state index in [-0.39, 0.29) is 12.5 Å². The Hall–Kier alpha value is -1.92. The third-order valence-corrected chi connectivity index (χ3v) is 3.72. The normalized spacial score (nSPS) is 13.5. The molecule has 112 valence electrons. The number of nitrogens with zero attached hydrogens (tertiary/aromatic N) is 1. The zero-order valence-corrected chi connectivity index (χ0v) is 12.8. The third-order valence-electron chi connectivity index (χ3n) is 3.03. The van der Waals surface area contributed by atoms with E-state index in [2.05, 4.69) is 10.3 Å². The average Bonchev–Trinajstić information content (AvgIpc) is 3.01. The van der Waals surface area contributed by atoms with Crippen molar-refractivity contribution in [2.45, 2.75) is 19.4 Å². The summed E-state index contributed by atoms with van der Waals surface area (Å²) in [6, 6.07) is 5.16. The summed E-state index contributed by atoms with van der Waals surface area (Å²) in [4.78, 5) is 16.3. The Balaban J connectivity index is 2.05. The second-order valence-electron chi connectivity index (χ2n) is 4.76. The van der Waals surface area contributed by atoms with E-state index >= 15 is 0 Å². The summed E-state index contributed by atoms with van der Waals surface area (Å²) in [5.74, 6) is -0.0188. The molecule has 1 atom stereocenters. The summed E-state index contributed by atoms with van der Waals surface area (Å²) < 4.78 is 5.33. The number of carbonyl (C=O) groups excluding carboxylic acids is 1. The van der Waals surface area contributed by atoms with Crippen molar-refractivity contribution in [3.63, 3.8) is 0 Å². The summed E-state index contributed by atoms with van der Waals surface area (Å²) in [6.45, 7) is 4.05. The fourth-order valence-electron chi connectivity index (χ4n) is 1.84. The molecule has 21 heavy (non-hydrogen) atoms. The predicted molar refractivity (Wildman–Crippen MR) is 81.6 cm³/mol. The summed E-state index contributed by atoms with van der Waals surface area (Å²) in [5, 5.41) is 16.9. The zero-order valence-electron chi connectivity index (χ0n) is 12.0. The van der Waals surface area contributed by atoms with Crippen molar-refractivity contribution in [3.8, 4) is 5.88 Å². The van der Waals surface area contributed by atoms with Crippen LogP contribution in [0.5, 0.6) is 5.88 Å². The Labute approximate surface area is 127 Å². The van der Waals surface area contributed by atoms with Crippen LogP contribution in [-0.4, -0.2) is 29.1 Å². The maximum absolute atomic E-state index is 12.2. The lowest BCUT2D eigenvalue weighted by Gasteiger charge is -2.23. The van der Waals surface area contributed by atoms with Gasteiger partial charge < -0.3 is 15.2 Å². The number of aliphatic hydroxyl groups is 1. The first-order valence-electron chi connectivity index (χ1n) is 6.65. The van der Waals surface area contributed by atoms with Crippen molar-refractivity contribution in [1.82, 2.24) is 10.3 Å². The number of pyridine rings is 1. The molecule has 2 heterocycles. The standard InChI is InChI=1S/C15H18N2O3S/c1-3-20-14-12(5-4-7-16-14)13(18)17-10-15(2,19)11-6-8-21-9-11/h4-9,19H,3,10H2,1-2H3,(H,17,18). The van der Waals surface area contributed by atoms with Crippen LogP contribution in [0, 0.1) is 0 Å². The van der Waals surface area contributed by atoms with Gasteiger partial charge in [-0.05, 0) is 48.4 Å². The molecule has 2 aromatic heterocycles. The zero-order chi connectivity index (χ0) is 15.3. The van der Waals surface area contributed by atoms with Crippen molar-refractivity contribution in [1.29, 1.82) is 0 Å². The van der Waals surface area contributed by atoms with Gasteiger partial charge in [-0.1, -0.05) is 0 Å². The lowest BCUT2D eigenvalue weighted by atomic mass is 9.99. The van der Waals surface area contributed by atoms with Crippen LogP contribution in [0.3, 0.4) is 0 Å². The minimum Gasteiger partial charge on any atom is -0.477 e. The van der Waals surface area contributed by atoms with E-state index in [1.54, 1.807) is 25.3 Å². The number of aromatic nitrogens is 1. The number of rotatable bonds is 6. The molecule has 0 aromatic carbocycles. The van der Waals surface area contributed by atoms with Gasteiger partial charge in [-0.15, -0.1) is 0 Å². The quantitative estimate of drug-likeness (QED) is 0.858. The molecule has 1 amide bonds. The predicted octanol–water partition coefficient (Wildman–Crippen LogP) is 2.18. The summed E-state index contributed by atoms with van der Waals surface area (Å²) in [5.41, 5.74) is 0.0355. The number of thiophene rings is 1. The minimum absolute atomic E-state index is 0.114. The van der Waals surface area contributed by atoms with Crippen LogP contribution in [0.1, 0.15) is 29.8 Å². The largest absolute Gasteiger partial charge is 0.477 e. The molecule has 2 rings (SSSR count). The Morgan fingerprint density at radius 2 is 2.33 bits per heavy atom. The molecule has 0 aliphatic rings. The number of carbonyl (C=O) groups is 1. The molecule has 0 saturated carbocycles. The van der Waals surface area contributed by atoms with Crippen molar-refractivity contribution in [2.24, 2.45) is 0 Å². The van der Waals surface area contributed by atoms with Gasteiger partial charge in [-0.2, -0.15) is 11.3 Å². The Morgan fingerprint density at radius 1 is 1.52 bits per heavy atom. The van der Waals surface area contributed by atoms with E-state index < -0.39 is 5.60 Å². The molecule has 2 N–H and O–H groups in total. The van der Waals surface area contributed by atoms with E-state index in [0.717, 1.165) is 5.56 Å². The molecule has 0 aliphatic carbocycles. The van der Waals surface area contributed by atoms with Gasteiger partial charge in [0.05, 0.1) is 13.2 Å². The van der Waals surface area contributed by atoms with E-state index in [0.29, 0.717) is 18.1 Å². The summed E-state index contributed by atoms with van der Waals surface area (Å²) in [7, 11) is 0. The highest BCUT2D eigenvalue weighted by Gasteiger charge is 2.25. The number of ether oxygens (including phenoxy) is 1. The number of nitrogens with one attached hydrogen (secondary N) is 1. The van der Waals surface area contributed by atoms with Gasteiger partial charge in [0.1, 0.15) is 11.2 Å².